The Hall–Kier alpha value is -1.59. The minimum atomic E-state index is -0.355. The monoisotopic (exact) mass is 224 g/mol. The van der Waals surface area contributed by atoms with Crippen molar-refractivity contribution in [1.82, 2.24) is 15.0 Å². The van der Waals surface area contributed by atoms with E-state index in [1.807, 2.05) is 0 Å². The molecule has 2 heterocycles. The molecule has 6 nitrogen and oxygen atoms in total. The molecule has 0 atom stereocenters. The van der Waals surface area contributed by atoms with Crippen LogP contribution in [0.3, 0.4) is 0 Å². The van der Waals surface area contributed by atoms with Gasteiger partial charge in [-0.1, -0.05) is 12.1 Å². The van der Waals surface area contributed by atoms with Crippen molar-refractivity contribution in [2.24, 2.45) is 5.73 Å². The Morgan fingerprint density at radius 3 is 2.56 bits per heavy atom. The number of nitrogens with zero attached hydrogens (tertiary/aromatic N) is 3. The second kappa shape index (κ2) is 3.77. The molecule has 0 radical (unpaired) electrons. The number of amides is 2. The molecule has 1 aliphatic rings. The standard InChI is InChI=1S/C10H16N4O2/c1-7-12-8(13-16-7)10(2)3-5-14(6-4-10)9(11)15/h3-6H2,1-2H3,(H2,11,15). The molecule has 2 amide bonds. The molecule has 0 saturated carbocycles. The molecule has 6 heteroatoms. The molecule has 1 fully saturated rings. The predicted molar refractivity (Wildman–Crippen MR) is 56.8 cm³/mol. The highest BCUT2D eigenvalue weighted by Gasteiger charge is 2.36. The van der Waals surface area contributed by atoms with Crippen LogP contribution in [0.15, 0.2) is 4.52 Å². The Bertz CT molecular complexity index is 393. The summed E-state index contributed by atoms with van der Waals surface area (Å²) in [5.41, 5.74) is 5.13. The van der Waals surface area contributed by atoms with Crippen molar-refractivity contribution in [3.63, 3.8) is 0 Å². The van der Waals surface area contributed by atoms with Gasteiger partial charge in [-0.2, -0.15) is 4.98 Å². The molecule has 0 unspecified atom stereocenters. The predicted octanol–water partition coefficient (Wildman–Crippen LogP) is 0.810. The summed E-state index contributed by atoms with van der Waals surface area (Å²) in [5.74, 6) is 1.31. The molecule has 0 spiro atoms. The van der Waals surface area contributed by atoms with E-state index in [4.69, 9.17) is 10.3 Å². The van der Waals surface area contributed by atoms with Gasteiger partial charge >= 0.3 is 6.03 Å². The first-order chi connectivity index (χ1) is 7.51. The number of rotatable bonds is 1. The summed E-state index contributed by atoms with van der Waals surface area (Å²) < 4.78 is 4.99. The molecule has 2 rings (SSSR count). The van der Waals surface area contributed by atoms with Crippen molar-refractivity contribution in [3.05, 3.63) is 11.7 Å². The van der Waals surface area contributed by atoms with Gasteiger partial charge < -0.3 is 15.2 Å². The average Bonchev–Trinajstić information content (AvgIpc) is 2.66. The van der Waals surface area contributed by atoms with Crippen LogP contribution in [0.1, 0.15) is 31.5 Å². The maximum absolute atomic E-state index is 11.0. The number of aryl methyl sites for hydroxylation is 1. The summed E-state index contributed by atoms with van der Waals surface area (Å²) in [7, 11) is 0. The summed E-state index contributed by atoms with van der Waals surface area (Å²) in [6, 6.07) is -0.355. The third-order valence-corrected chi connectivity index (χ3v) is 3.25. The molecule has 0 aliphatic carbocycles. The van der Waals surface area contributed by atoms with Gasteiger partial charge in [0.25, 0.3) is 0 Å². The summed E-state index contributed by atoms with van der Waals surface area (Å²) >= 11 is 0. The first kappa shape index (κ1) is 10.9. The van der Waals surface area contributed by atoms with E-state index in [9.17, 15) is 4.79 Å². The van der Waals surface area contributed by atoms with Gasteiger partial charge in [-0.05, 0) is 12.8 Å². The molecule has 1 aromatic heterocycles. The van der Waals surface area contributed by atoms with Crippen LogP contribution in [0.2, 0.25) is 0 Å². The Morgan fingerprint density at radius 2 is 2.12 bits per heavy atom. The highest BCUT2D eigenvalue weighted by molar-refractivity contribution is 5.72. The van der Waals surface area contributed by atoms with Crippen LogP contribution in [0.25, 0.3) is 0 Å². The van der Waals surface area contributed by atoms with E-state index < -0.39 is 0 Å². The molecule has 1 aromatic rings. The number of hydrogen-bond acceptors (Lipinski definition) is 4. The number of carbonyl (C=O) groups is 1. The number of urea groups is 1. The van der Waals surface area contributed by atoms with Crippen LogP contribution in [-0.4, -0.2) is 34.2 Å². The average molecular weight is 224 g/mol. The van der Waals surface area contributed by atoms with Gasteiger partial charge in [-0.25, -0.2) is 4.79 Å². The summed E-state index contributed by atoms with van der Waals surface area (Å²) in [5, 5.41) is 3.96. The fraction of sp³-hybridized carbons (Fsp3) is 0.700. The Morgan fingerprint density at radius 1 is 1.50 bits per heavy atom. The second-order valence-electron chi connectivity index (χ2n) is 4.52. The van der Waals surface area contributed by atoms with Crippen LogP contribution in [0, 0.1) is 6.92 Å². The highest BCUT2D eigenvalue weighted by Crippen LogP contribution is 2.32. The number of piperidine rings is 1. The second-order valence-corrected chi connectivity index (χ2v) is 4.52. The number of hydrogen-bond donors (Lipinski definition) is 1. The Balaban J connectivity index is 2.09. The number of carbonyl (C=O) groups excluding carboxylic acids is 1. The van der Waals surface area contributed by atoms with Gasteiger partial charge in [0.15, 0.2) is 5.82 Å². The van der Waals surface area contributed by atoms with Crippen LogP contribution in [0.4, 0.5) is 4.79 Å². The van der Waals surface area contributed by atoms with Crippen molar-refractivity contribution in [2.75, 3.05) is 13.1 Å². The number of primary amides is 1. The lowest BCUT2D eigenvalue weighted by Crippen LogP contribution is -2.46. The van der Waals surface area contributed by atoms with Crippen LogP contribution in [0.5, 0.6) is 0 Å². The fourth-order valence-electron chi connectivity index (χ4n) is 1.99. The maximum Gasteiger partial charge on any atom is 0.314 e. The molecule has 2 N–H and O–H groups in total. The van der Waals surface area contributed by atoms with Gasteiger partial charge in [0, 0.05) is 25.4 Å². The minimum Gasteiger partial charge on any atom is -0.351 e. The lowest BCUT2D eigenvalue weighted by atomic mass is 9.80. The van der Waals surface area contributed by atoms with E-state index in [-0.39, 0.29) is 11.4 Å². The minimum absolute atomic E-state index is 0.107. The normalized spacial score (nSPS) is 19.8. The highest BCUT2D eigenvalue weighted by atomic mass is 16.5. The lowest BCUT2D eigenvalue weighted by molar-refractivity contribution is 0.166. The molecule has 88 valence electrons. The number of aromatic nitrogens is 2. The van der Waals surface area contributed by atoms with Gasteiger partial charge in [0.1, 0.15) is 0 Å². The molecule has 0 bridgehead atoms. The van der Waals surface area contributed by atoms with Crippen molar-refractivity contribution < 1.29 is 9.32 Å². The zero-order valence-electron chi connectivity index (χ0n) is 9.56. The van der Waals surface area contributed by atoms with E-state index in [1.54, 1.807) is 11.8 Å². The van der Waals surface area contributed by atoms with E-state index in [1.165, 1.54) is 0 Å². The SMILES string of the molecule is Cc1nc(C2(C)CCN(C(N)=O)CC2)no1. The molecule has 1 aliphatic heterocycles. The third kappa shape index (κ3) is 1.87. The van der Waals surface area contributed by atoms with Gasteiger partial charge in [0.2, 0.25) is 5.89 Å². The molecular weight excluding hydrogens is 208 g/mol. The first-order valence-electron chi connectivity index (χ1n) is 5.36. The zero-order valence-corrected chi connectivity index (χ0v) is 9.56. The number of nitrogens with two attached hydrogens (primary N) is 1. The fourth-order valence-corrected chi connectivity index (χ4v) is 1.99. The third-order valence-electron chi connectivity index (χ3n) is 3.25. The van der Waals surface area contributed by atoms with E-state index in [0.717, 1.165) is 18.7 Å². The molecular formula is C10H16N4O2. The van der Waals surface area contributed by atoms with Gasteiger partial charge in [-0.3, -0.25) is 0 Å². The molecule has 1 saturated heterocycles. The van der Waals surface area contributed by atoms with Crippen LogP contribution in [-0.2, 0) is 5.41 Å². The van der Waals surface area contributed by atoms with Crippen LogP contribution >= 0.6 is 0 Å². The van der Waals surface area contributed by atoms with E-state index in [0.29, 0.717) is 19.0 Å². The Labute approximate surface area is 93.8 Å². The summed E-state index contributed by atoms with van der Waals surface area (Å²) in [6.45, 7) is 5.17. The van der Waals surface area contributed by atoms with Crippen LogP contribution < -0.4 is 5.73 Å². The molecule has 0 aromatic carbocycles. The lowest BCUT2D eigenvalue weighted by Gasteiger charge is -2.36. The summed E-state index contributed by atoms with van der Waals surface area (Å²) in [6.07, 6.45) is 1.63. The topological polar surface area (TPSA) is 85.3 Å². The van der Waals surface area contributed by atoms with Crippen molar-refractivity contribution in [2.45, 2.75) is 32.1 Å². The molecule has 16 heavy (non-hydrogen) atoms. The van der Waals surface area contributed by atoms with Gasteiger partial charge in [-0.15, -0.1) is 0 Å². The van der Waals surface area contributed by atoms with E-state index in [2.05, 4.69) is 17.1 Å². The van der Waals surface area contributed by atoms with Crippen molar-refractivity contribution in [1.29, 1.82) is 0 Å². The smallest absolute Gasteiger partial charge is 0.314 e. The number of likely N-dealkylation sites (tertiary alicyclic amines) is 1. The largest absolute Gasteiger partial charge is 0.351 e. The summed E-state index contributed by atoms with van der Waals surface area (Å²) in [4.78, 5) is 16.9. The van der Waals surface area contributed by atoms with Gasteiger partial charge in [0.05, 0.1) is 0 Å². The Kier molecular flexibility index (Phi) is 2.57. The first-order valence-corrected chi connectivity index (χ1v) is 5.36. The zero-order chi connectivity index (χ0) is 11.8. The maximum atomic E-state index is 11.0. The van der Waals surface area contributed by atoms with Crippen molar-refractivity contribution >= 4 is 6.03 Å². The van der Waals surface area contributed by atoms with Crippen molar-refractivity contribution in [3.8, 4) is 0 Å². The van der Waals surface area contributed by atoms with E-state index >= 15 is 0 Å². The quantitative estimate of drug-likeness (QED) is 0.764.